The lowest BCUT2D eigenvalue weighted by molar-refractivity contribution is 0.184. The molecule has 0 spiro atoms. The molecule has 0 unspecified atom stereocenters. The van der Waals surface area contributed by atoms with E-state index in [-0.39, 0.29) is 21.2 Å². The quantitative estimate of drug-likeness (QED) is 0.431. The molecule has 3 aromatic carbocycles. The first-order valence-corrected chi connectivity index (χ1v) is 15.9. The van der Waals surface area contributed by atoms with Crippen LogP contribution in [0, 0.1) is 0 Å². The number of anilines is 2. The van der Waals surface area contributed by atoms with Crippen LogP contribution in [0.3, 0.4) is 0 Å². The van der Waals surface area contributed by atoms with Gasteiger partial charge in [-0.25, -0.2) is 25.3 Å². The second-order valence-corrected chi connectivity index (χ2v) is 14.6. The lowest BCUT2D eigenvalue weighted by Gasteiger charge is -2.31. The van der Waals surface area contributed by atoms with E-state index in [1.54, 1.807) is 0 Å². The topological polar surface area (TPSA) is 138 Å². The minimum Gasteiger partial charge on any atom is -0.390 e. The lowest BCUT2D eigenvalue weighted by Crippen LogP contribution is -2.47. The molecule has 2 N–H and O–H groups in total. The lowest BCUT2D eigenvalue weighted by atomic mass is 10.2. The fourth-order valence-corrected chi connectivity index (χ4v) is 8.62. The SMILES string of the molecule is O=S1(=O)C[C@@H](O)[C@@H](N(c2ccc(NS(=O)(=O)c3ccc(Cl)cc3)cc2)S(=O)(=O)c2ccc(Cl)cc2)C1. The summed E-state index contributed by atoms with van der Waals surface area (Å²) in [5.74, 6) is -1.16. The smallest absolute Gasteiger partial charge is 0.264 e. The van der Waals surface area contributed by atoms with E-state index >= 15 is 0 Å². The molecule has 1 heterocycles. The molecule has 1 fully saturated rings. The highest BCUT2D eigenvalue weighted by molar-refractivity contribution is 7.93. The Morgan fingerprint density at radius 3 is 1.75 bits per heavy atom. The maximum Gasteiger partial charge on any atom is 0.264 e. The second-order valence-electron chi connectivity index (χ2n) is 8.07. The molecule has 0 radical (unpaired) electrons. The fourth-order valence-electron chi connectivity index (χ4n) is 3.77. The molecule has 1 saturated heterocycles. The molecule has 0 aliphatic carbocycles. The molecule has 36 heavy (non-hydrogen) atoms. The van der Waals surface area contributed by atoms with Crippen LogP contribution in [0.1, 0.15) is 0 Å². The van der Waals surface area contributed by atoms with E-state index in [0.29, 0.717) is 10.0 Å². The number of aliphatic hydroxyl groups is 1. The summed E-state index contributed by atoms with van der Waals surface area (Å²) in [5.41, 5.74) is 0.178. The van der Waals surface area contributed by atoms with E-state index in [9.17, 15) is 30.4 Å². The van der Waals surface area contributed by atoms with Crippen molar-refractivity contribution >= 4 is 64.5 Å². The number of hydrogen-bond acceptors (Lipinski definition) is 7. The van der Waals surface area contributed by atoms with Crippen LogP contribution >= 0.6 is 23.2 Å². The molecule has 1 aliphatic rings. The van der Waals surface area contributed by atoms with Gasteiger partial charge >= 0.3 is 0 Å². The first-order chi connectivity index (χ1) is 16.8. The van der Waals surface area contributed by atoms with E-state index in [4.69, 9.17) is 23.2 Å². The Hall–Kier alpha value is -2.35. The highest BCUT2D eigenvalue weighted by atomic mass is 35.5. The Bertz CT molecular complexity index is 1580. The zero-order valence-electron chi connectivity index (χ0n) is 18.3. The van der Waals surface area contributed by atoms with Crippen LogP contribution in [0.4, 0.5) is 11.4 Å². The monoisotopic (exact) mass is 590 g/mol. The molecule has 192 valence electrons. The Kier molecular flexibility index (Phi) is 7.30. The molecule has 3 aromatic rings. The maximum absolute atomic E-state index is 13.6. The number of halogens is 2. The third-order valence-electron chi connectivity index (χ3n) is 5.46. The van der Waals surface area contributed by atoms with Crippen molar-refractivity contribution in [2.45, 2.75) is 21.9 Å². The Labute approximate surface area is 219 Å². The van der Waals surface area contributed by atoms with E-state index in [2.05, 4.69) is 4.72 Å². The van der Waals surface area contributed by atoms with Gasteiger partial charge in [0.1, 0.15) is 0 Å². The number of aliphatic hydroxyl groups excluding tert-OH is 1. The summed E-state index contributed by atoms with van der Waals surface area (Å²) >= 11 is 11.7. The molecule has 0 aromatic heterocycles. The van der Waals surface area contributed by atoms with Gasteiger partial charge < -0.3 is 5.11 Å². The third-order valence-corrected chi connectivity index (χ3v) is 10.9. The summed E-state index contributed by atoms with van der Waals surface area (Å²) in [5, 5.41) is 11.1. The van der Waals surface area contributed by atoms with Gasteiger partial charge in [0.25, 0.3) is 20.0 Å². The standard InChI is InChI=1S/C22H20Cl2N2O7S3/c23-15-1-9-19(10-2-15)35(30,31)25-17-5-7-18(8-6-17)26(21-13-34(28,29)14-22(21)27)36(32,33)20-11-3-16(24)4-12-20/h1-12,21-22,25,27H,13-14H2/t21-,22+/m0/s1. The maximum atomic E-state index is 13.6. The van der Waals surface area contributed by atoms with Gasteiger partial charge in [-0.3, -0.25) is 9.03 Å². The second kappa shape index (κ2) is 9.84. The highest BCUT2D eigenvalue weighted by Crippen LogP contribution is 2.32. The summed E-state index contributed by atoms with van der Waals surface area (Å²) in [6.45, 7) is 0. The zero-order chi connectivity index (χ0) is 26.3. The molecule has 2 atom stereocenters. The van der Waals surface area contributed by atoms with Gasteiger partial charge in [0.05, 0.1) is 39.1 Å². The van der Waals surface area contributed by atoms with Gasteiger partial charge in [-0.05, 0) is 72.8 Å². The van der Waals surface area contributed by atoms with Crippen molar-refractivity contribution in [2.24, 2.45) is 0 Å². The van der Waals surface area contributed by atoms with Crippen LogP contribution in [0.25, 0.3) is 0 Å². The van der Waals surface area contributed by atoms with Crippen molar-refractivity contribution in [3.63, 3.8) is 0 Å². The molecule has 14 heteroatoms. The summed E-state index contributed by atoms with van der Waals surface area (Å²) in [6, 6.07) is 14.9. The predicted molar refractivity (Wildman–Crippen MR) is 138 cm³/mol. The number of sulfone groups is 1. The van der Waals surface area contributed by atoms with Crippen LogP contribution < -0.4 is 9.03 Å². The van der Waals surface area contributed by atoms with E-state index in [1.807, 2.05) is 0 Å². The number of rotatable bonds is 7. The molecule has 4 rings (SSSR count). The summed E-state index contributed by atoms with van der Waals surface area (Å²) < 4.78 is 80.0. The summed E-state index contributed by atoms with van der Waals surface area (Å²) in [6.07, 6.45) is -1.46. The summed E-state index contributed by atoms with van der Waals surface area (Å²) in [7, 11) is -12.0. The highest BCUT2D eigenvalue weighted by Gasteiger charge is 2.45. The number of nitrogens with one attached hydrogen (secondary N) is 1. The van der Waals surface area contributed by atoms with E-state index in [1.165, 1.54) is 72.8 Å². The van der Waals surface area contributed by atoms with Gasteiger partial charge in [-0.15, -0.1) is 0 Å². The minimum absolute atomic E-state index is 0.0257. The van der Waals surface area contributed by atoms with Crippen molar-refractivity contribution in [3.05, 3.63) is 82.8 Å². The average molecular weight is 592 g/mol. The zero-order valence-corrected chi connectivity index (χ0v) is 22.3. The van der Waals surface area contributed by atoms with Gasteiger partial charge in [0.2, 0.25) is 0 Å². The van der Waals surface area contributed by atoms with Gasteiger partial charge in [0, 0.05) is 15.7 Å². The molecule has 1 aliphatic heterocycles. The van der Waals surface area contributed by atoms with Crippen LogP contribution in [-0.4, -0.2) is 54.0 Å². The normalized spacial score (nSPS) is 19.6. The molecule has 0 amide bonds. The van der Waals surface area contributed by atoms with Crippen molar-refractivity contribution < 1.29 is 30.4 Å². The van der Waals surface area contributed by atoms with Crippen LogP contribution in [0.5, 0.6) is 0 Å². The molecule has 0 saturated carbocycles. The van der Waals surface area contributed by atoms with Gasteiger partial charge in [-0.2, -0.15) is 0 Å². The first kappa shape index (κ1) is 26.7. The third kappa shape index (κ3) is 5.63. The Morgan fingerprint density at radius 1 is 0.778 bits per heavy atom. The van der Waals surface area contributed by atoms with Gasteiger partial charge in [-0.1, -0.05) is 23.2 Å². The number of benzene rings is 3. The number of nitrogens with zero attached hydrogens (tertiary/aromatic N) is 1. The van der Waals surface area contributed by atoms with Crippen molar-refractivity contribution in [1.29, 1.82) is 0 Å². The number of hydrogen-bond donors (Lipinski definition) is 2. The van der Waals surface area contributed by atoms with E-state index in [0.717, 1.165) is 4.31 Å². The van der Waals surface area contributed by atoms with Crippen molar-refractivity contribution in [2.75, 3.05) is 20.5 Å². The van der Waals surface area contributed by atoms with E-state index < -0.39 is 53.5 Å². The molecular formula is C22H20Cl2N2O7S3. The van der Waals surface area contributed by atoms with Crippen LogP contribution in [0.15, 0.2) is 82.6 Å². The van der Waals surface area contributed by atoms with Crippen molar-refractivity contribution in [3.8, 4) is 0 Å². The van der Waals surface area contributed by atoms with Gasteiger partial charge in [0.15, 0.2) is 9.84 Å². The Morgan fingerprint density at radius 2 is 1.28 bits per heavy atom. The Balaban J connectivity index is 1.71. The molecular weight excluding hydrogens is 571 g/mol. The molecule has 9 nitrogen and oxygen atoms in total. The molecule has 0 bridgehead atoms. The average Bonchev–Trinajstić information content (AvgIpc) is 3.07. The summed E-state index contributed by atoms with van der Waals surface area (Å²) in [4.78, 5) is -0.182. The number of sulfonamides is 2. The van der Waals surface area contributed by atoms with Crippen LogP contribution in [-0.2, 0) is 29.9 Å². The minimum atomic E-state index is -4.33. The fraction of sp³-hybridized carbons (Fsp3) is 0.182. The predicted octanol–water partition coefficient (Wildman–Crippen LogP) is 3.15. The van der Waals surface area contributed by atoms with Crippen LogP contribution in [0.2, 0.25) is 10.0 Å². The largest absolute Gasteiger partial charge is 0.390 e. The van der Waals surface area contributed by atoms with Crippen molar-refractivity contribution in [1.82, 2.24) is 0 Å². The first-order valence-electron chi connectivity index (χ1n) is 10.4.